The van der Waals surface area contributed by atoms with Crippen LogP contribution >= 0.6 is 27.3 Å². The van der Waals surface area contributed by atoms with Gasteiger partial charge in [-0.1, -0.05) is 15.9 Å². The molecule has 0 fully saturated rings. The van der Waals surface area contributed by atoms with E-state index in [1.165, 1.54) is 0 Å². The van der Waals surface area contributed by atoms with E-state index in [-0.39, 0.29) is 5.91 Å². The van der Waals surface area contributed by atoms with Crippen molar-refractivity contribution in [3.05, 3.63) is 45.3 Å². The van der Waals surface area contributed by atoms with Crippen molar-refractivity contribution in [2.45, 2.75) is 24.2 Å². The largest absolute Gasteiger partial charge is 0.356 e. The summed E-state index contributed by atoms with van der Waals surface area (Å²) >= 11 is 4.94. The Kier molecular flexibility index (Phi) is 7.21. The van der Waals surface area contributed by atoms with Gasteiger partial charge in [-0.05, 0) is 30.7 Å². The summed E-state index contributed by atoms with van der Waals surface area (Å²) in [6.07, 6.45) is 3.54. The number of carbonyl (C=O) groups excluding carboxylic acids is 1. The third-order valence-electron chi connectivity index (χ3n) is 2.95. The molecule has 1 N–H and O–H groups in total. The fourth-order valence-electron chi connectivity index (χ4n) is 1.84. The van der Waals surface area contributed by atoms with Crippen molar-refractivity contribution in [1.82, 2.24) is 10.3 Å². The predicted octanol–water partition coefficient (Wildman–Crippen LogP) is 3.15. The molecule has 1 aromatic carbocycles. The fraction of sp³-hybridized carbons (Fsp3) is 0.333. The van der Waals surface area contributed by atoms with Gasteiger partial charge in [0.25, 0.3) is 0 Å². The van der Waals surface area contributed by atoms with Crippen LogP contribution in [0.5, 0.6) is 0 Å². The number of nitrogens with zero attached hydrogens (tertiary/aromatic N) is 1. The number of hydrogen-bond donors (Lipinski definition) is 1. The summed E-state index contributed by atoms with van der Waals surface area (Å²) in [7, 11) is -1.05. The monoisotopic (exact) mass is 400 g/mol. The van der Waals surface area contributed by atoms with Gasteiger partial charge < -0.3 is 5.32 Å². The van der Waals surface area contributed by atoms with E-state index in [1.807, 2.05) is 29.6 Å². The lowest BCUT2D eigenvalue weighted by molar-refractivity contribution is -0.121. The Morgan fingerprint density at radius 1 is 1.32 bits per heavy atom. The molecular weight excluding hydrogens is 384 g/mol. The van der Waals surface area contributed by atoms with Crippen LogP contribution in [-0.4, -0.2) is 27.4 Å². The number of nitrogens with one attached hydrogen (secondary N) is 1. The summed E-state index contributed by atoms with van der Waals surface area (Å²) in [5.74, 6) is 0.506. The third-order valence-corrected chi connectivity index (χ3v) is 5.78. The lowest BCUT2D eigenvalue weighted by atomic mass is 10.3. The summed E-state index contributed by atoms with van der Waals surface area (Å²) in [6.45, 7) is 0.599. The summed E-state index contributed by atoms with van der Waals surface area (Å²) in [5.41, 5.74) is 0. The average molecular weight is 401 g/mol. The van der Waals surface area contributed by atoms with Gasteiger partial charge in [-0.15, -0.1) is 11.3 Å². The first-order valence-electron chi connectivity index (χ1n) is 6.94. The molecule has 1 aromatic heterocycles. The molecule has 2 aromatic rings. The van der Waals surface area contributed by atoms with Gasteiger partial charge in [0.2, 0.25) is 5.91 Å². The minimum absolute atomic E-state index is 0.00404. The first-order valence-corrected chi connectivity index (χ1v) is 9.93. The number of rotatable bonds is 8. The van der Waals surface area contributed by atoms with Crippen LogP contribution in [0.25, 0.3) is 0 Å². The maximum atomic E-state index is 12.1. The Balaban J connectivity index is 1.62. The van der Waals surface area contributed by atoms with Crippen molar-refractivity contribution in [2.75, 3.05) is 12.3 Å². The number of carbonyl (C=O) groups is 1. The molecule has 1 unspecified atom stereocenters. The summed E-state index contributed by atoms with van der Waals surface area (Å²) in [6, 6.07) is 7.43. The number of benzene rings is 1. The molecule has 0 saturated carbocycles. The molecular formula is C15H17BrN2O2S2. The van der Waals surface area contributed by atoms with Crippen molar-refractivity contribution in [3.63, 3.8) is 0 Å². The number of thiazole rings is 1. The first-order chi connectivity index (χ1) is 10.6. The van der Waals surface area contributed by atoms with Gasteiger partial charge in [0.1, 0.15) is 0 Å². The molecule has 0 aliphatic heterocycles. The van der Waals surface area contributed by atoms with Crippen LogP contribution < -0.4 is 5.32 Å². The quantitative estimate of drug-likeness (QED) is 0.739. The highest BCUT2D eigenvalue weighted by atomic mass is 79.9. The Morgan fingerprint density at radius 2 is 2.09 bits per heavy atom. The van der Waals surface area contributed by atoms with E-state index >= 15 is 0 Å². The second-order valence-corrected chi connectivity index (χ2v) is 8.10. The number of hydrogen-bond acceptors (Lipinski definition) is 4. The molecule has 0 aliphatic rings. The van der Waals surface area contributed by atoms with Crippen molar-refractivity contribution >= 4 is 44.0 Å². The zero-order chi connectivity index (χ0) is 15.8. The van der Waals surface area contributed by atoms with Crippen molar-refractivity contribution in [1.29, 1.82) is 0 Å². The maximum absolute atomic E-state index is 12.1. The van der Waals surface area contributed by atoms with Crippen LogP contribution in [0.3, 0.4) is 0 Å². The first kappa shape index (κ1) is 17.3. The van der Waals surface area contributed by atoms with Crippen LogP contribution in [-0.2, 0) is 22.0 Å². The van der Waals surface area contributed by atoms with Gasteiger partial charge in [0, 0.05) is 46.1 Å². The van der Waals surface area contributed by atoms with Gasteiger partial charge in [-0.3, -0.25) is 9.00 Å². The van der Waals surface area contributed by atoms with Crippen LogP contribution in [0.15, 0.2) is 45.2 Å². The van der Waals surface area contributed by atoms with Gasteiger partial charge >= 0.3 is 0 Å². The Labute approximate surface area is 144 Å². The molecule has 1 heterocycles. The molecule has 0 spiro atoms. The van der Waals surface area contributed by atoms with Crippen LogP contribution in [0.4, 0.5) is 0 Å². The molecule has 2 rings (SSSR count). The molecule has 0 radical (unpaired) electrons. The van der Waals surface area contributed by atoms with Gasteiger partial charge in [0.05, 0.1) is 15.8 Å². The second kappa shape index (κ2) is 9.17. The molecule has 7 heteroatoms. The van der Waals surface area contributed by atoms with Gasteiger partial charge in [-0.2, -0.15) is 0 Å². The summed E-state index contributed by atoms with van der Waals surface area (Å²) in [4.78, 5) is 16.7. The van der Waals surface area contributed by atoms with E-state index in [4.69, 9.17) is 0 Å². The highest BCUT2D eigenvalue weighted by molar-refractivity contribution is 9.10. The maximum Gasteiger partial charge on any atom is 0.220 e. The van der Waals surface area contributed by atoms with Gasteiger partial charge in [-0.25, -0.2) is 4.98 Å². The smallest absolute Gasteiger partial charge is 0.220 e. The second-order valence-electron chi connectivity index (χ2n) is 4.63. The molecule has 0 bridgehead atoms. The van der Waals surface area contributed by atoms with Crippen LogP contribution in [0, 0.1) is 0 Å². The zero-order valence-corrected chi connectivity index (χ0v) is 15.2. The van der Waals surface area contributed by atoms with E-state index in [1.54, 1.807) is 17.5 Å². The van der Waals surface area contributed by atoms with Crippen LogP contribution in [0.1, 0.15) is 17.8 Å². The van der Waals surface area contributed by atoms with E-state index in [2.05, 4.69) is 26.2 Å². The summed E-state index contributed by atoms with van der Waals surface area (Å²) in [5, 5.41) is 5.81. The minimum Gasteiger partial charge on any atom is -0.356 e. The Morgan fingerprint density at radius 3 is 2.77 bits per heavy atom. The van der Waals surface area contributed by atoms with Gasteiger partial charge in [0.15, 0.2) is 0 Å². The predicted molar refractivity (Wildman–Crippen MR) is 93.5 cm³/mol. The SMILES string of the molecule is O=C(CCCS(=O)c1ccc(Br)cc1)NCCc1nccs1. The van der Waals surface area contributed by atoms with E-state index in [0.717, 1.165) is 20.8 Å². The zero-order valence-electron chi connectivity index (χ0n) is 12.0. The standard InChI is InChI=1S/C15H17BrN2O2S2/c16-12-3-5-13(6-4-12)22(20)11-1-2-14(19)17-8-7-15-18-9-10-21-15/h3-6,9-10H,1-2,7-8,11H2,(H,17,19). The normalized spacial score (nSPS) is 12.0. The fourth-order valence-corrected chi connectivity index (χ4v) is 3.81. The lowest BCUT2D eigenvalue weighted by Gasteiger charge is -2.05. The number of amides is 1. The molecule has 1 amide bonds. The topological polar surface area (TPSA) is 59.1 Å². The van der Waals surface area contributed by atoms with Crippen molar-refractivity contribution in [2.24, 2.45) is 0 Å². The highest BCUT2D eigenvalue weighted by Crippen LogP contribution is 2.14. The van der Waals surface area contributed by atoms with Crippen LogP contribution in [0.2, 0.25) is 0 Å². The molecule has 0 saturated heterocycles. The van der Waals surface area contributed by atoms with Crippen molar-refractivity contribution < 1.29 is 9.00 Å². The molecule has 1 atom stereocenters. The Bertz CT molecular complexity index is 615. The lowest BCUT2D eigenvalue weighted by Crippen LogP contribution is -2.25. The van der Waals surface area contributed by atoms with Crippen molar-refractivity contribution in [3.8, 4) is 0 Å². The number of aromatic nitrogens is 1. The molecule has 4 nitrogen and oxygen atoms in total. The summed E-state index contributed by atoms with van der Waals surface area (Å²) < 4.78 is 13.0. The third kappa shape index (κ3) is 5.98. The highest BCUT2D eigenvalue weighted by Gasteiger charge is 2.06. The van der Waals surface area contributed by atoms with E-state index in [9.17, 15) is 9.00 Å². The van der Waals surface area contributed by atoms with E-state index in [0.29, 0.717) is 25.1 Å². The molecule has 22 heavy (non-hydrogen) atoms. The molecule has 0 aliphatic carbocycles. The molecule has 118 valence electrons. The average Bonchev–Trinajstić information content (AvgIpc) is 3.01. The number of halogens is 1. The van der Waals surface area contributed by atoms with E-state index < -0.39 is 10.8 Å². The Hall–Kier alpha value is -1.05. The minimum atomic E-state index is -1.05.